The van der Waals surface area contributed by atoms with Crippen LogP contribution in [-0.4, -0.2) is 49.5 Å². The summed E-state index contributed by atoms with van der Waals surface area (Å²) in [5.41, 5.74) is 3.89. The molecule has 3 aromatic heterocycles. The van der Waals surface area contributed by atoms with Crippen molar-refractivity contribution in [3.63, 3.8) is 0 Å². The van der Waals surface area contributed by atoms with E-state index in [-0.39, 0.29) is 17.5 Å². The average molecular weight is 455 g/mol. The average Bonchev–Trinajstić information content (AvgIpc) is 3.43. The van der Waals surface area contributed by atoms with Gasteiger partial charge in [0.05, 0.1) is 5.52 Å². The van der Waals surface area contributed by atoms with E-state index in [1.165, 1.54) is 0 Å². The Balaban J connectivity index is 1.34. The predicted octanol–water partition coefficient (Wildman–Crippen LogP) is 4.21. The van der Waals surface area contributed by atoms with E-state index >= 15 is 0 Å². The van der Waals surface area contributed by atoms with Gasteiger partial charge in [-0.15, -0.1) is 0 Å². The SMILES string of the molecule is C=C(/C=C(\N=CC)C(=O)c1c[nH]c2ccccc12)N1CCC(n2c(=O)[nH]c3ncccc32)CC1. The first kappa shape index (κ1) is 21.6. The van der Waals surface area contributed by atoms with Crippen molar-refractivity contribution in [1.82, 2.24) is 24.4 Å². The van der Waals surface area contributed by atoms with Crippen LogP contribution in [0.2, 0.25) is 0 Å². The summed E-state index contributed by atoms with van der Waals surface area (Å²) in [6.07, 6.45) is 8.36. The molecule has 1 aliphatic heterocycles. The zero-order valence-corrected chi connectivity index (χ0v) is 19.0. The Hall–Kier alpha value is -4.20. The first-order chi connectivity index (χ1) is 16.6. The van der Waals surface area contributed by atoms with Crippen molar-refractivity contribution in [2.45, 2.75) is 25.8 Å². The summed E-state index contributed by atoms with van der Waals surface area (Å²) in [6, 6.07) is 11.6. The topological polar surface area (TPSA) is 99.1 Å². The number of rotatable bonds is 6. The smallest absolute Gasteiger partial charge is 0.327 e. The third kappa shape index (κ3) is 3.87. The Morgan fingerprint density at radius 1 is 1.21 bits per heavy atom. The number of piperidine rings is 1. The standard InChI is InChI=1S/C26H26N6O2/c1-3-27-22(24(33)20-16-29-21-8-5-4-7-19(20)21)15-17(2)31-13-10-18(11-14-31)32-23-9-6-12-28-25(23)30-26(32)34/h3-9,12,15-16,18,29H,2,10-11,13-14H2,1H3,(H,28,30,34)/b22-15-,27-3?. The second-order valence-electron chi connectivity index (χ2n) is 8.37. The molecule has 0 atom stereocenters. The molecule has 0 radical (unpaired) electrons. The van der Waals surface area contributed by atoms with E-state index in [9.17, 15) is 9.59 Å². The first-order valence-electron chi connectivity index (χ1n) is 11.4. The highest BCUT2D eigenvalue weighted by atomic mass is 16.1. The molecule has 5 rings (SSSR count). The Kier molecular flexibility index (Phi) is 5.71. The van der Waals surface area contributed by atoms with Crippen LogP contribution >= 0.6 is 0 Å². The van der Waals surface area contributed by atoms with E-state index < -0.39 is 0 Å². The zero-order valence-electron chi connectivity index (χ0n) is 19.0. The molecule has 1 fully saturated rings. The number of hydrogen-bond donors (Lipinski definition) is 2. The van der Waals surface area contributed by atoms with Gasteiger partial charge in [-0.2, -0.15) is 0 Å². The van der Waals surface area contributed by atoms with Crippen molar-refractivity contribution in [2.24, 2.45) is 4.99 Å². The number of ketones is 1. The largest absolute Gasteiger partial charge is 0.372 e. The van der Waals surface area contributed by atoms with Crippen LogP contribution in [-0.2, 0) is 0 Å². The number of pyridine rings is 1. The molecular formula is C26H26N6O2. The molecule has 34 heavy (non-hydrogen) atoms. The third-order valence-corrected chi connectivity index (χ3v) is 6.36. The number of aromatic nitrogens is 4. The van der Waals surface area contributed by atoms with Gasteiger partial charge in [0.15, 0.2) is 5.65 Å². The number of hydrogen-bond acceptors (Lipinski definition) is 5. The molecule has 1 aromatic carbocycles. The van der Waals surface area contributed by atoms with Crippen LogP contribution in [0.25, 0.3) is 22.1 Å². The third-order valence-electron chi connectivity index (χ3n) is 6.36. The van der Waals surface area contributed by atoms with Gasteiger partial charge in [0.1, 0.15) is 5.70 Å². The number of likely N-dealkylation sites (tertiary alicyclic amines) is 1. The lowest BCUT2D eigenvalue weighted by Gasteiger charge is -2.34. The molecular weight excluding hydrogens is 428 g/mol. The van der Waals surface area contributed by atoms with Gasteiger partial charge in [0.2, 0.25) is 5.78 Å². The number of nitrogens with one attached hydrogen (secondary N) is 2. The maximum atomic E-state index is 13.3. The van der Waals surface area contributed by atoms with Crippen molar-refractivity contribution in [1.29, 1.82) is 0 Å². The van der Waals surface area contributed by atoms with Gasteiger partial charge in [0.25, 0.3) is 0 Å². The van der Waals surface area contributed by atoms with Gasteiger partial charge in [0, 0.05) is 59.9 Å². The fourth-order valence-corrected chi connectivity index (χ4v) is 4.68. The Morgan fingerprint density at radius 2 is 2.00 bits per heavy atom. The molecule has 4 heterocycles. The monoisotopic (exact) mass is 454 g/mol. The van der Waals surface area contributed by atoms with Crippen molar-refractivity contribution in [2.75, 3.05) is 13.1 Å². The number of imidazole rings is 1. The fraction of sp³-hybridized carbons (Fsp3) is 0.231. The van der Waals surface area contributed by atoms with E-state index in [2.05, 4.69) is 31.4 Å². The normalized spacial score (nSPS) is 15.6. The van der Waals surface area contributed by atoms with Gasteiger partial charge in [-0.25, -0.2) is 9.78 Å². The van der Waals surface area contributed by atoms with Crippen LogP contribution in [0.4, 0.5) is 0 Å². The molecule has 4 aromatic rings. The number of benzene rings is 1. The number of carbonyl (C=O) groups excluding carboxylic acids is 1. The highest BCUT2D eigenvalue weighted by Gasteiger charge is 2.25. The molecule has 0 spiro atoms. The van der Waals surface area contributed by atoms with Crippen LogP contribution in [0, 0.1) is 0 Å². The number of carbonyl (C=O) groups is 1. The number of H-pyrrole nitrogens is 2. The Labute approximate surface area is 196 Å². The zero-order chi connectivity index (χ0) is 23.7. The van der Waals surface area contributed by atoms with Crippen LogP contribution in [0.15, 0.2) is 82.6 Å². The molecule has 2 N–H and O–H groups in total. The van der Waals surface area contributed by atoms with Crippen LogP contribution < -0.4 is 5.69 Å². The number of para-hydroxylation sites is 1. The summed E-state index contributed by atoms with van der Waals surface area (Å²) in [5, 5.41) is 0.870. The highest BCUT2D eigenvalue weighted by molar-refractivity contribution is 6.16. The van der Waals surface area contributed by atoms with E-state index in [1.54, 1.807) is 31.6 Å². The summed E-state index contributed by atoms with van der Waals surface area (Å²) in [4.78, 5) is 42.5. The lowest BCUT2D eigenvalue weighted by Crippen LogP contribution is -2.36. The van der Waals surface area contributed by atoms with Crippen molar-refractivity contribution in [3.05, 3.63) is 88.9 Å². The number of Topliss-reactive ketones (excluding diaryl/α,β-unsaturated/α-hetero) is 1. The van der Waals surface area contributed by atoms with Crippen LogP contribution in [0.1, 0.15) is 36.2 Å². The quantitative estimate of drug-likeness (QED) is 0.197. The molecule has 1 aliphatic rings. The molecule has 0 unspecified atom stereocenters. The number of aliphatic imine (C=N–C) groups is 1. The molecule has 0 aliphatic carbocycles. The maximum absolute atomic E-state index is 13.3. The number of fused-ring (bicyclic) bond motifs is 2. The van der Waals surface area contributed by atoms with E-state index in [4.69, 9.17) is 0 Å². The van der Waals surface area contributed by atoms with Gasteiger partial charge in [-0.1, -0.05) is 24.8 Å². The Morgan fingerprint density at radius 3 is 2.79 bits per heavy atom. The maximum Gasteiger partial charge on any atom is 0.327 e. The molecule has 1 saturated heterocycles. The predicted molar refractivity (Wildman–Crippen MR) is 134 cm³/mol. The number of aromatic amines is 2. The minimum atomic E-state index is -0.149. The molecule has 8 heteroatoms. The highest BCUT2D eigenvalue weighted by Crippen LogP contribution is 2.27. The lowest BCUT2D eigenvalue weighted by molar-refractivity contribution is 0.103. The minimum absolute atomic E-state index is 0.0828. The molecule has 172 valence electrons. The lowest BCUT2D eigenvalue weighted by atomic mass is 10.0. The van der Waals surface area contributed by atoms with E-state index in [1.807, 2.05) is 41.0 Å². The van der Waals surface area contributed by atoms with Gasteiger partial charge in [-0.3, -0.25) is 19.3 Å². The van der Waals surface area contributed by atoms with Crippen LogP contribution in [0.3, 0.4) is 0 Å². The fourth-order valence-electron chi connectivity index (χ4n) is 4.68. The van der Waals surface area contributed by atoms with Crippen LogP contribution in [0.5, 0.6) is 0 Å². The summed E-state index contributed by atoms with van der Waals surface area (Å²) in [6.45, 7) is 7.45. The number of nitrogens with zero attached hydrogens (tertiary/aromatic N) is 4. The number of allylic oxidation sites excluding steroid dienone is 2. The van der Waals surface area contributed by atoms with Gasteiger partial charge >= 0.3 is 5.69 Å². The van der Waals surface area contributed by atoms with E-state index in [0.29, 0.717) is 16.9 Å². The molecule has 0 amide bonds. The first-order valence-corrected chi connectivity index (χ1v) is 11.4. The van der Waals surface area contributed by atoms with Crippen molar-refractivity contribution in [3.8, 4) is 0 Å². The second kappa shape index (κ2) is 8.97. The Bertz CT molecular complexity index is 1490. The van der Waals surface area contributed by atoms with Crippen molar-refractivity contribution >= 4 is 34.1 Å². The summed E-state index contributed by atoms with van der Waals surface area (Å²) in [7, 11) is 0. The van der Waals surface area contributed by atoms with Gasteiger partial charge < -0.3 is 9.88 Å². The molecule has 8 nitrogen and oxygen atoms in total. The summed E-state index contributed by atoms with van der Waals surface area (Å²) in [5.74, 6) is -0.149. The summed E-state index contributed by atoms with van der Waals surface area (Å²) < 4.78 is 1.81. The summed E-state index contributed by atoms with van der Waals surface area (Å²) >= 11 is 0. The second-order valence-corrected chi connectivity index (χ2v) is 8.37. The van der Waals surface area contributed by atoms with E-state index in [0.717, 1.165) is 48.0 Å². The minimum Gasteiger partial charge on any atom is -0.372 e. The molecule has 0 saturated carbocycles. The van der Waals surface area contributed by atoms with Gasteiger partial charge in [-0.05, 0) is 44.0 Å². The molecule has 0 bridgehead atoms. The van der Waals surface area contributed by atoms with Crippen molar-refractivity contribution < 1.29 is 4.79 Å².